The number of hydrazone groups is 1. The van der Waals surface area contributed by atoms with Gasteiger partial charge in [0.15, 0.2) is 0 Å². The Morgan fingerprint density at radius 1 is 1.77 bits per heavy atom. The number of aromatic nitrogens is 1. The second kappa shape index (κ2) is 4.20. The highest BCUT2D eigenvalue weighted by Gasteiger charge is 1.92. The summed E-state index contributed by atoms with van der Waals surface area (Å²) in [5.74, 6) is 0. The summed E-state index contributed by atoms with van der Waals surface area (Å²) >= 11 is 0. The van der Waals surface area contributed by atoms with Gasteiger partial charge in [0.05, 0.1) is 6.21 Å². The van der Waals surface area contributed by atoms with E-state index < -0.39 is 6.03 Å². The van der Waals surface area contributed by atoms with Crippen molar-refractivity contribution in [3.8, 4) is 0 Å². The molecule has 0 aliphatic heterocycles. The zero-order valence-corrected chi connectivity index (χ0v) is 7.19. The molecule has 0 spiro atoms. The van der Waals surface area contributed by atoms with Crippen molar-refractivity contribution in [3.05, 3.63) is 29.6 Å². The lowest BCUT2D eigenvalue weighted by Gasteiger charge is -1.96. The molecular formula is C8H10N4O. The summed E-state index contributed by atoms with van der Waals surface area (Å²) in [5.41, 5.74) is 8.79. The van der Waals surface area contributed by atoms with Crippen LogP contribution in [0.5, 0.6) is 0 Å². The maximum atomic E-state index is 10.3. The molecule has 1 rings (SSSR count). The molecule has 0 aliphatic rings. The third-order valence-corrected chi connectivity index (χ3v) is 1.46. The van der Waals surface area contributed by atoms with Gasteiger partial charge in [0.2, 0.25) is 0 Å². The number of nitrogens with zero attached hydrogens (tertiary/aromatic N) is 2. The van der Waals surface area contributed by atoms with E-state index in [0.717, 1.165) is 11.1 Å². The number of aryl methyl sites for hydroxylation is 1. The highest BCUT2D eigenvalue weighted by Crippen LogP contribution is 2.00. The second-order valence-electron chi connectivity index (χ2n) is 2.47. The third kappa shape index (κ3) is 2.90. The van der Waals surface area contributed by atoms with E-state index in [1.165, 1.54) is 6.21 Å². The molecule has 13 heavy (non-hydrogen) atoms. The molecule has 1 aromatic rings. The van der Waals surface area contributed by atoms with Crippen molar-refractivity contribution in [2.24, 2.45) is 10.8 Å². The molecule has 68 valence electrons. The Labute approximate surface area is 75.7 Å². The molecule has 5 nitrogen and oxygen atoms in total. The summed E-state index contributed by atoms with van der Waals surface area (Å²) in [6.07, 6.45) is 4.84. The SMILES string of the molecule is Cc1ccncc1/C=N/NC(N)=O. The molecule has 0 aromatic carbocycles. The topological polar surface area (TPSA) is 80.4 Å². The van der Waals surface area contributed by atoms with Crippen molar-refractivity contribution >= 4 is 12.2 Å². The Bertz CT molecular complexity index is 335. The van der Waals surface area contributed by atoms with Gasteiger partial charge in [0.1, 0.15) is 0 Å². The predicted molar refractivity (Wildman–Crippen MR) is 49.3 cm³/mol. The van der Waals surface area contributed by atoms with Gasteiger partial charge in [0, 0.05) is 18.0 Å². The summed E-state index contributed by atoms with van der Waals surface area (Å²) in [6.45, 7) is 1.92. The van der Waals surface area contributed by atoms with E-state index in [1.807, 2.05) is 13.0 Å². The van der Waals surface area contributed by atoms with Crippen LogP contribution in [0.15, 0.2) is 23.6 Å². The van der Waals surface area contributed by atoms with Crippen molar-refractivity contribution in [2.75, 3.05) is 0 Å². The summed E-state index contributed by atoms with van der Waals surface area (Å²) in [5, 5.41) is 3.61. The van der Waals surface area contributed by atoms with Crippen LogP contribution in [-0.4, -0.2) is 17.2 Å². The fourth-order valence-electron chi connectivity index (χ4n) is 0.777. The number of urea groups is 1. The van der Waals surface area contributed by atoms with Gasteiger partial charge >= 0.3 is 6.03 Å². The molecule has 0 unspecified atom stereocenters. The van der Waals surface area contributed by atoms with Gasteiger partial charge in [-0.1, -0.05) is 0 Å². The summed E-state index contributed by atoms with van der Waals surface area (Å²) < 4.78 is 0. The summed E-state index contributed by atoms with van der Waals surface area (Å²) in [4.78, 5) is 14.2. The lowest BCUT2D eigenvalue weighted by molar-refractivity contribution is 0.249. The zero-order chi connectivity index (χ0) is 9.68. The monoisotopic (exact) mass is 178 g/mol. The van der Waals surface area contributed by atoms with E-state index in [1.54, 1.807) is 12.4 Å². The molecule has 0 radical (unpaired) electrons. The van der Waals surface area contributed by atoms with E-state index in [2.05, 4.69) is 15.5 Å². The van der Waals surface area contributed by atoms with E-state index >= 15 is 0 Å². The van der Waals surface area contributed by atoms with Gasteiger partial charge in [-0.05, 0) is 18.6 Å². The largest absolute Gasteiger partial charge is 0.350 e. The first-order chi connectivity index (χ1) is 6.20. The fourth-order valence-corrected chi connectivity index (χ4v) is 0.777. The van der Waals surface area contributed by atoms with Crippen molar-refractivity contribution in [1.29, 1.82) is 0 Å². The molecule has 2 amide bonds. The number of pyridine rings is 1. The lowest BCUT2D eigenvalue weighted by Crippen LogP contribution is -2.24. The van der Waals surface area contributed by atoms with Gasteiger partial charge < -0.3 is 5.73 Å². The van der Waals surface area contributed by atoms with Crippen LogP contribution in [-0.2, 0) is 0 Å². The maximum Gasteiger partial charge on any atom is 0.332 e. The van der Waals surface area contributed by atoms with Gasteiger partial charge in [-0.3, -0.25) is 4.98 Å². The standard InChI is InChI=1S/C8H10N4O/c1-6-2-3-10-4-7(6)5-11-12-8(9)13/h2-5H,1H3,(H3,9,12,13)/b11-5+. The first-order valence-corrected chi connectivity index (χ1v) is 3.69. The number of nitrogens with one attached hydrogen (secondary N) is 1. The first-order valence-electron chi connectivity index (χ1n) is 3.69. The molecule has 0 fully saturated rings. The van der Waals surface area contributed by atoms with Crippen LogP contribution >= 0.6 is 0 Å². The Hall–Kier alpha value is -1.91. The quantitative estimate of drug-likeness (QED) is 0.507. The number of carbonyl (C=O) groups is 1. The van der Waals surface area contributed by atoms with Crippen LogP contribution in [0.2, 0.25) is 0 Å². The molecule has 3 N–H and O–H groups in total. The van der Waals surface area contributed by atoms with E-state index in [9.17, 15) is 4.79 Å². The molecule has 0 bridgehead atoms. The molecule has 0 aliphatic carbocycles. The maximum absolute atomic E-state index is 10.3. The first kappa shape index (κ1) is 9.18. The van der Waals surface area contributed by atoms with Crippen molar-refractivity contribution < 1.29 is 4.79 Å². The van der Waals surface area contributed by atoms with Gasteiger partial charge in [0.25, 0.3) is 0 Å². The van der Waals surface area contributed by atoms with E-state index in [4.69, 9.17) is 5.73 Å². The highest BCUT2D eigenvalue weighted by molar-refractivity contribution is 5.82. The van der Waals surface area contributed by atoms with Gasteiger partial charge in [-0.25, -0.2) is 10.2 Å². The number of hydrogen-bond donors (Lipinski definition) is 2. The van der Waals surface area contributed by atoms with Crippen LogP contribution in [0.25, 0.3) is 0 Å². The van der Waals surface area contributed by atoms with Crippen LogP contribution in [0.4, 0.5) is 4.79 Å². The number of carbonyl (C=O) groups excluding carboxylic acids is 1. The molecule has 1 aromatic heterocycles. The molecule has 1 heterocycles. The number of primary amides is 1. The van der Waals surface area contributed by atoms with Crippen molar-refractivity contribution in [1.82, 2.24) is 10.4 Å². The number of nitrogens with two attached hydrogens (primary N) is 1. The Morgan fingerprint density at radius 3 is 3.15 bits per heavy atom. The second-order valence-corrected chi connectivity index (χ2v) is 2.47. The average Bonchev–Trinajstić information content (AvgIpc) is 2.08. The van der Waals surface area contributed by atoms with E-state index in [-0.39, 0.29) is 0 Å². The van der Waals surface area contributed by atoms with Crippen LogP contribution in [0, 0.1) is 6.92 Å². The summed E-state index contributed by atoms with van der Waals surface area (Å²) in [7, 11) is 0. The van der Waals surface area contributed by atoms with Crippen LogP contribution < -0.4 is 11.2 Å². The smallest absolute Gasteiger partial charge is 0.332 e. The number of rotatable bonds is 2. The third-order valence-electron chi connectivity index (χ3n) is 1.46. The molecular weight excluding hydrogens is 168 g/mol. The summed E-state index contributed by atoms with van der Waals surface area (Å²) in [6, 6.07) is 1.17. The fraction of sp³-hybridized carbons (Fsp3) is 0.125. The van der Waals surface area contributed by atoms with E-state index in [0.29, 0.717) is 0 Å². The molecule has 0 atom stereocenters. The molecule has 0 saturated heterocycles. The van der Waals surface area contributed by atoms with Crippen molar-refractivity contribution in [3.63, 3.8) is 0 Å². The van der Waals surface area contributed by atoms with Crippen molar-refractivity contribution in [2.45, 2.75) is 6.92 Å². The van der Waals surface area contributed by atoms with Gasteiger partial charge in [-0.2, -0.15) is 5.10 Å². The Balaban J connectivity index is 2.68. The number of hydrogen-bond acceptors (Lipinski definition) is 3. The molecule has 0 saturated carbocycles. The Kier molecular flexibility index (Phi) is 2.97. The predicted octanol–water partition coefficient (Wildman–Crippen LogP) is 0.392. The number of amides is 2. The van der Waals surface area contributed by atoms with Crippen LogP contribution in [0.1, 0.15) is 11.1 Å². The lowest BCUT2D eigenvalue weighted by atomic mass is 10.2. The minimum atomic E-state index is -0.683. The zero-order valence-electron chi connectivity index (χ0n) is 7.19. The van der Waals surface area contributed by atoms with Gasteiger partial charge in [-0.15, -0.1) is 0 Å². The van der Waals surface area contributed by atoms with Crippen LogP contribution in [0.3, 0.4) is 0 Å². The normalized spacial score (nSPS) is 10.2. The Morgan fingerprint density at radius 2 is 2.54 bits per heavy atom. The minimum Gasteiger partial charge on any atom is -0.350 e. The molecule has 5 heteroatoms. The minimum absolute atomic E-state index is 0.683. The highest BCUT2D eigenvalue weighted by atomic mass is 16.2. The average molecular weight is 178 g/mol.